The van der Waals surface area contributed by atoms with Crippen molar-refractivity contribution in [2.24, 2.45) is 5.10 Å². The lowest BCUT2D eigenvalue weighted by molar-refractivity contribution is 0.589. The molecular weight excluding hydrogens is 396 g/mol. The lowest BCUT2D eigenvalue weighted by atomic mass is 9.86. The van der Waals surface area contributed by atoms with E-state index in [1.54, 1.807) is 0 Å². The van der Waals surface area contributed by atoms with E-state index in [1.807, 2.05) is 26.0 Å². The molecule has 164 valence electrons. The van der Waals surface area contributed by atoms with Crippen molar-refractivity contribution < 1.29 is 4.42 Å². The van der Waals surface area contributed by atoms with Crippen molar-refractivity contribution in [1.82, 2.24) is 9.97 Å². The number of aromatic nitrogens is 2. The molecule has 0 unspecified atom stereocenters. The Kier molecular flexibility index (Phi) is 5.59. The smallest absolute Gasteiger partial charge is 0.243 e. The molecule has 0 spiro atoms. The quantitative estimate of drug-likeness (QED) is 0.388. The van der Waals surface area contributed by atoms with Crippen molar-refractivity contribution in [3.63, 3.8) is 0 Å². The van der Waals surface area contributed by atoms with E-state index < -0.39 is 0 Å². The summed E-state index contributed by atoms with van der Waals surface area (Å²) in [5.41, 5.74) is 10.3. The van der Waals surface area contributed by atoms with E-state index >= 15 is 0 Å². The summed E-state index contributed by atoms with van der Waals surface area (Å²) < 4.78 is 6.37. The molecule has 0 bridgehead atoms. The first-order chi connectivity index (χ1) is 15.1. The molecule has 2 aromatic heterocycles. The van der Waals surface area contributed by atoms with E-state index in [9.17, 15) is 0 Å². The van der Waals surface area contributed by atoms with Gasteiger partial charge in [0.05, 0.1) is 5.36 Å². The Morgan fingerprint density at radius 3 is 2.12 bits per heavy atom. The van der Waals surface area contributed by atoms with Gasteiger partial charge in [0.2, 0.25) is 5.95 Å². The standard InChI is InChI=1S/C27H30N4O/c1-16-12-17(2)25-22(13-16)23(30-31-26-28-18(3)14-19(4)29-26)15-24(32-25)20-8-10-21(11-9-20)27(5,6)7/h8-15H,1-7H3,(H,28,29,31). The van der Waals surface area contributed by atoms with Gasteiger partial charge in [-0.25, -0.2) is 15.4 Å². The van der Waals surface area contributed by atoms with Crippen molar-refractivity contribution in [3.05, 3.63) is 82.0 Å². The van der Waals surface area contributed by atoms with E-state index in [0.29, 0.717) is 5.95 Å². The summed E-state index contributed by atoms with van der Waals surface area (Å²) in [6.07, 6.45) is 0. The van der Waals surface area contributed by atoms with Crippen LogP contribution in [0.5, 0.6) is 0 Å². The lowest BCUT2D eigenvalue weighted by Crippen LogP contribution is -2.11. The fourth-order valence-electron chi connectivity index (χ4n) is 3.88. The number of rotatable bonds is 3. The van der Waals surface area contributed by atoms with Gasteiger partial charge in [0.15, 0.2) is 0 Å². The summed E-state index contributed by atoms with van der Waals surface area (Å²) in [5.74, 6) is 1.25. The summed E-state index contributed by atoms with van der Waals surface area (Å²) in [6, 6.07) is 16.7. The second-order valence-electron chi connectivity index (χ2n) is 9.48. The predicted octanol–water partition coefficient (Wildman–Crippen LogP) is 6.35. The molecule has 32 heavy (non-hydrogen) atoms. The van der Waals surface area contributed by atoms with Gasteiger partial charge in [-0.3, -0.25) is 0 Å². The fourth-order valence-corrected chi connectivity index (χ4v) is 3.88. The highest BCUT2D eigenvalue weighted by atomic mass is 16.3. The summed E-state index contributed by atoms with van der Waals surface area (Å²) >= 11 is 0. The van der Waals surface area contributed by atoms with E-state index in [1.165, 1.54) is 5.56 Å². The van der Waals surface area contributed by atoms with Crippen molar-refractivity contribution >= 4 is 16.9 Å². The summed E-state index contributed by atoms with van der Waals surface area (Å²) in [7, 11) is 0. The zero-order valence-corrected chi connectivity index (χ0v) is 19.9. The van der Waals surface area contributed by atoms with Crippen molar-refractivity contribution in [1.29, 1.82) is 0 Å². The number of hydrogen-bond donors (Lipinski definition) is 1. The largest absolute Gasteiger partial charge is 0.456 e. The monoisotopic (exact) mass is 426 g/mol. The third-order valence-corrected chi connectivity index (χ3v) is 5.47. The zero-order valence-electron chi connectivity index (χ0n) is 19.9. The number of fused-ring (bicyclic) bond motifs is 1. The van der Waals surface area contributed by atoms with Crippen LogP contribution in [0.15, 0.2) is 58.0 Å². The summed E-state index contributed by atoms with van der Waals surface area (Å²) in [6.45, 7) is 14.7. The van der Waals surface area contributed by atoms with Crippen LogP contribution < -0.4 is 10.8 Å². The molecule has 0 saturated carbocycles. The van der Waals surface area contributed by atoms with E-state index in [2.05, 4.69) is 91.5 Å². The molecule has 0 aliphatic rings. The highest BCUT2D eigenvalue weighted by Gasteiger charge is 2.14. The Labute approximate surface area is 189 Å². The van der Waals surface area contributed by atoms with E-state index in [0.717, 1.165) is 50.2 Å². The molecule has 5 heteroatoms. The number of anilines is 1. The Balaban J connectivity index is 1.87. The number of nitrogens with one attached hydrogen (secondary N) is 1. The number of nitrogens with zero attached hydrogens (tertiary/aromatic N) is 3. The Morgan fingerprint density at radius 2 is 1.50 bits per heavy atom. The molecule has 0 atom stereocenters. The van der Waals surface area contributed by atoms with Gasteiger partial charge in [0.1, 0.15) is 11.3 Å². The van der Waals surface area contributed by atoms with Gasteiger partial charge in [-0.2, -0.15) is 5.10 Å². The maximum atomic E-state index is 6.37. The SMILES string of the molecule is Cc1cc(C)c2oc(-c3ccc(C(C)(C)C)cc3)cc(=NNc3nc(C)cc(C)n3)c2c1. The lowest BCUT2D eigenvalue weighted by Gasteiger charge is -2.19. The molecule has 0 radical (unpaired) electrons. The molecule has 1 N–H and O–H groups in total. The van der Waals surface area contributed by atoms with Gasteiger partial charge in [-0.05, 0) is 61.9 Å². The molecule has 2 aromatic carbocycles. The topological polar surface area (TPSA) is 63.3 Å². The molecule has 0 aliphatic carbocycles. The second-order valence-corrected chi connectivity index (χ2v) is 9.48. The summed E-state index contributed by atoms with van der Waals surface area (Å²) in [4.78, 5) is 8.88. The van der Waals surface area contributed by atoms with Crippen LogP contribution in [0.4, 0.5) is 5.95 Å². The van der Waals surface area contributed by atoms with Crippen LogP contribution in [0, 0.1) is 27.7 Å². The first-order valence-corrected chi connectivity index (χ1v) is 10.9. The molecular formula is C27H30N4O. The van der Waals surface area contributed by atoms with Gasteiger partial charge in [0, 0.05) is 28.4 Å². The van der Waals surface area contributed by atoms with Crippen LogP contribution in [-0.4, -0.2) is 9.97 Å². The first kappa shape index (κ1) is 21.8. The first-order valence-electron chi connectivity index (χ1n) is 10.9. The maximum Gasteiger partial charge on any atom is 0.243 e. The minimum absolute atomic E-state index is 0.101. The highest BCUT2D eigenvalue weighted by Crippen LogP contribution is 2.28. The number of aryl methyl sites for hydroxylation is 4. The van der Waals surface area contributed by atoms with Gasteiger partial charge in [0.25, 0.3) is 0 Å². The maximum absolute atomic E-state index is 6.37. The molecule has 0 aliphatic heterocycles. The van der Waals surface area contributed by atoms with Crippen molar-refractivity contribution in [2.75, 3.05) is 5.43 Å². The average molecular weight is 427 g/mol. The number of benzene rings is 2. The van der Waals surface area contributed by atoms with Crippen LogP contribution in [0.2, 0.25) is 0 Å². The third kappa shape index (κ3) is 4.57. The van der Waals surface area contributed by atoms with Crippen LogP contribution in [0.1, 0.15) is 48.8 Å². The van der Waals surface area contributed by atoms with Crippen LogP contribution >= 0.6 is 0 Å². The van der Waals surface area contributed by atoms with Gasteiger partial charge < -0.3 is 4.42 Å². The van der Waals surface area contributed by atoms with Gasteiger partial charge in [-0.1, -0.05) is 51.1 Å². The second kappa shape index (κ2) is 8.23. The minimum atomic E-state index is 0.101. The van der Waals surface area contributed by atoms with E-state index in [4.69, 9.17) is 4.42 Å². The average Bonchev–Trinajstić information content (AvgIpc) is 2.71. The third-order valence-electron chi connectivity index (χ3n) is 5.47. The zero-order chi connectivity index (χ0) is 23.0. The normalized spacial score (nSPS) is 12.4. The van der Waals surface area contributed by atoms with Gasteiger partial charge in [-0.15, -0.1) is 0 Å². The molecule has 4 rings (SSSR count). The molecule has 5 nitrogen and oxygen atoms in total. The Morgan fingerprint density at radius 1 is 0.844 bits per heavy atom. The van der Waals surface area contributed by atoms with Crippen molar-refractivity contribution in [3.8, 4) is 11.3 Å². The van der Waals surface area contributed by atoms with Crippen LogP contribution in [0.25, 0.3) is 22.3 Å². The van der Waals surface area contributed by atoms with Crippen LogP contribution in [0.3, 0.4) is 0 Å². The fraction of sp³-hybridized carbons (Fsp3) is 0.296. The summed E-state index contributed by atoms with van der Waals surface area (Å²) in [5, 5.41) is 6.42. The van der Waals surface area contributed by atoms with Crippen LogP contribution in [-0.2, 0) is 5.41 Å². The Hall–Kier alpha value is -3.47. The molecule has 0 saturated heterocycles. The highest BCUT2D eigenvalue weighted by molar-refractivity contribution is 5.82. The van der Waals surface area contributed by atoms with E-state index in [-0.39, 0.29) is 5.41 Å². The Bertz CT molecular complexity index is 1340. The predicted molar refractivity (Wildman–Crippen MR) is 131 cm³/mol. The number of hydrogen-bond acceptors (Lipinski definition) is 5. The van der Waals surface area contributed by atoms with Crippen molar-refractivity contribution in [2.45, 2.75) is 53.9 Å². The molecule has 0 amide bonds. The molecule has 4 aromatic rings. The molecule has 0 fully saturated rings. The van der Waals surface area contributed by atoms with Gasteiger partial charge >= 0.3 is 0 Å². The minimum Gasteiger partial charge on any atom is -0.456 e. The molecule has 2 heterocycles.